The van der Waals surface area contributed by atoms with Crippen LogP contribution in [0.5, 0.6) is 5.88 Å². The number of benzene rings is 1. The Morgan fingerprint density at radius 3 is 2.69 bits per heavy atom. The van der Waals surface area contributed by atoms with Crippen molar-refractivity contribution in [3.63, 3.8) is 0 Å². The summed E-state index contributed by atoms with van der Waals surface area (Å²) in [6.07, 6.45) is 8.45. The second-order valence-electron chi connectivity index (χ2n) is 15.0. The number of nitrogens with zero attached hydrogens (tertiary/aromatic N) is 4. The van der Waals surface area contributed by atoms with Crippen LogP contribution in [-0.2, 0) is 30.8 Å². The number of aryl methyl sites for hydroxylation is 1. The van der Waals surface area contributed by atoms with E-state index in [2.05, 4.69) is 36.9 Å². The Labute approximate surface area is 322 Å². The van der Waals surface area contributed by atoms with Gasteiger partial charge in [0.05, 0.1) is 16.8 Å². The molecular weight excluding hydrogens is 750 g/mol. The van der Waals surface area contributed by atoms with Crippen LogP contribution in [0.15, 0.2) is 54.1 Å². The Balaban J connectivity index is 1.24. The molecule has 3 fully saturated rings. The van der Waals surface area contributed by atoms with E-state index in [0.717, 1.165) is 24.2 Å². The smallest absolute Gasteiger partial charge is 0.280 e. The van der Waals surface area contributed by atoms with Crippen LogP contribution in [0, 0.1) is 11.7 Å². The molecule has 7 rings (SSSR count). The Morgan fingerprint density at radius 1 is 1.18 bits per heavy atom. The van der Waals surface area contributed by atoms with Crippen LogP contribution >= 0.6 is 11.3 Å². The molecule has 0 radical (unpaired) electrons. The predicted molar refractivity (Wildman–Crippen MR) is 202 cm³/mol. The highest BCUT2D eigenvalue weighted by molar-refractivity contribution is 7.91. The van der Waals surface area contributed by atoms with Gasteiger partial charge in [-0.15, -0.1) is 11.3 Å². The molecule has 2 saturated carbocycles. The number of allylic oxidation sites excluding steroid dienone is 1. The molecule has 5 unspecified atom stereocenters. The van der Waals surface area contributed by atoms with Gasteiger partial charge in [-0.05, 0) is 57.6 Å². The predicted octanol–water partition coefficient (Wildman–Crippen LogP) is 3.88. The molecule has 0 bridgehead atoms. The van der Waals surface area contributed by atoms with E-state index >= 15 is 0 Å². The zero-order chi connectivity index (χ0) is 39.1. The normalized spacial score (nSPS) is 26.8. The highest BCUT2D eigenvalue weighted by Crippen LogP contribution is 2.47. The molecule has 0 spiro atoms. The van der Waals surface area contributed by atoms with Crippen LogP contribution in [-0.4, -0.2) is 86.9 Å². The molecule has 1 saturated heterocycles. The van der Waals surface area contributed by atoms with Crippen molar-refractivity contribution in [2.45, 2.75) is 107 Å². The maximum atomic E-state index is 14.8. The minimum Gasteiger partial charge on any atom is -0.471 e. The highest BCUT2D eigenvalue weighted by atomic mass is 32.2. The molecule has 1 aromatic carbocycles. The fraction of sp³-hybridized carbons (Fsp3) is 0.500. The third-order valence-corrected chi connectivity index (χ3v) is 14.1. The van der Waals surface area contributed by atoms with Gasteiger partial charge >= 0.3 is 0 Å². The van der Waals surface area contributed by atoms with Crippen molar-refractivity contribution in [2.75, 3.05) is 6.54 Å². The lowest BCUT2D eigenvalue weighted by atomic mass is 9.62. The van der Waals surface area contributed by atoms with Crippen LogP contribution < -0.4 is 20.1 Å². The third kappa shape index (κ3) is 7.47. The fourth-order valence-electron chi connectivity index (χ4n) is 7.53. The molecule has 3 aromatic rings. The number of para-hydroxylation sites is 1. The van der Waals surface area contributed by atoms with Crippen molar-refractivity contribution in [3.05, 3.63) is 70.6 Å². The summed E-state index contributed by atoms with van der Waals surface area (Å²) in [5.74, 6) is -3.88. The number of sulfonamides is 1. The Bertz CT molecular complexity index is 2180. The first-order chi connectivity index (χ1) is 26.2. The van der Waals surface area contributed by atoms with Gasteiger partial charge in [0.25, 0.3) is 11.8 Å². The number of halogens is 1. The molecule has 17 heteroatoms. The second kappa shape index (κ2) is 15.0. The summed E-state index contributed by atoms with van der Waals surface area (Å²) in [4.78, 5) is 71.0. The maximum Gasteiger partial charge on any atom is 0.280 e. The van der Waals surface area contributed by atoms with Gasteiger partial charge in [0, 0.05) is 30.3 Å². The molecule has 55 heavy (non-hydrogen) atoms. The summed E-state index contributed by atoms with van der Waals surface area (Å²) in [5.41, 5.74) is -0.245. The SMILES string of the molecule is C=C1CC2(C(=O)NS(=O)(=O)C3(C)CC3)NC(=O)C3CC(Oc4nc5c(F)cccc5nc4CC)CN3C(=O)C(NC(=O)c3nccs3)CCCCCC=CC12. The zero-order valence-electron chi connectivity index (χ0n) is 30.7. The van der Waals surface area contributed by atoms with Gasteiger partial charge < -0.3 is 20.3 Å². The van der Waals surface area contributed by atoms with Crippen molar-refractivity contribution in [1.29, 1.82) is 0 Å². The minimum absolute atomic E-state index is 0.00796. The minimum atomic E-state index is -4.07. The first kappa shape index (κ1) is 38.5. The molecule has 4 aliphatic rings. The molecule has 4 heterocycles. The number of hydrogen-bond acceptors (Lipinski definition) is 11. The van der Waals surface area contributed by atoms with Crippen LogP contribution in [0.1, 0.15) is 87.1 Å². The number of aromatic nitrogens is 3. The Kier molecular flexibility index (Phi) is 10.5. The lowest BCUT2D eigenvalue weighted by molar-refractivity contribution is -0.143. The summed E-state index contributed by atoms with van der Waals surface area (Å²) < 4.78 is 48.9. The van der Waals surface area contributed by atoms with Gasteiger partial charge in [0.1, 0.15) is 34.9 Å². The van der Waals surface area contributed by atoms with E-state index in [-0.39, 0.29) is 42.2 Å². The monoisotopic (exact) mass is 793 g/mol. The van der Waals surface area contributed by atoms with Gasteiger partial charge in [-0.25, -0.2) is 27.8 Å². The number of rotatable bonds is 8. The number of nitrogens with one attached hydrogen (secondary N) is 3. The van der Waals surface area contributed by atoms with Gasteiger partial charge in [0.15, 0.2) is 10.8 Å². The highest BCUT2D eigenvalue weighted by Gasteiger charge is 2.59. The van der Waals surface area contributed by atoms with Crippen molar-refractivity contribution in [1.82, 2.24) is 35.2 Å². The number of carbonyl (C=O) groups is 4. The molecule has 5 atom stereocenters. The largest absolute Gasteiger partial charge is 0.471 e. The topological polar surface area (TPSA) is 190 Å². The van der Waals surface area contributed by atoms with Crippen molar-refractivity contribution < 1.29 is 36.7 Å². The molecule has 292 valence electrons. The van der Waals surface area contributed by atoms with E-state index in [9.17, 15) is 32.0 Å². The van der Waals surface area contributed by atoms with E-state index in [1.165, 1.54) is 23.2 Å². The Morgan fingerprint density at radius 2 is 1.98 bits per heavy atom. The molecule has 14 nitrogen and oxygen atoms in total. The van der Waals surface area contributed by atoms with Crippen LogP contribution in [0.25, 0.3) is 11.0 Å². The van der Waals surface area contributed by atoms with E-state index in [1.807, 2.05) is 13.0 Å². The first-order valence-corrected chi connectivity index (χ1v) is 21.0. The van der Waals surface area contributed by atoms with Crippen molar-refractivity contribution in [3.8, 4) is 5.88 Å². The standard InChI is InChI=1S/C38H44FN7O7S2/c1-4-26-33(43-30-25(39)12-10-14-27(30)41-26)53-23-19-29-31(47)44-38(36(50)45-55(51,52)37(3)15-16-37)20-22(2)24(38)11-8-6-5-7-9-13-28(35(49)46(29)21-23)42-32(48)34-40-17-18-54-34/h8,10-12,14,17-18,23-24,28-29H,2,4-7,9,13,15-16,19-21H2,1,3H3,(H,42,48)(H,44,47)(H,45,50). The Hall–Kier alpha value is -4.77. The summed E-state index contributed by atoms with van der Waals surface area (Å²) in [5, 5.41) is 7.54. The van der Waals surface area contributed by atoms with Crippen LogP contribution in [0.4, 0.5) is 4.39 Å². The molecule has 2 aliphatic carbocycles. The molecule has 2 aliphatic heterocycles. The summed E-state index contributed by atoms with van der Waals surface area (Å²) in [7, 11) is -4.07. The molecule has 3 N–H and O–H groups in total. The van der Waals surface area contributed by atoms with E-state index in [0.29, 0.717) is 48.9 Å². The number of fused-ring (bicyclic) bond motifs is 3. The average Bonchev–Trinajstić information content (AvgIpc) is 3.49. The number of thiazole rings is 1. The van der Waals surface area contributed by atoms with Crippen LogP contribution in [0.3, 0.4) is 0 Å². The summed E-state index contributed by atoms with van der Waals surface area (Å²) >= 11 is 1.13. The number of amides is 4. The van der Waals surface area contributed by atoms with Crippen molar-refractivity contribution in [2.24, 2.45) is 5.92 Å². The number of hydrogen-bond donors (Lipinski definition) is 3. The van der Waals surface area contributed by atoms with Gasteiger partial charge in [-0.1, -0.05) is 50.1 Å². The van der Waals surface area contributed by atoms with E-state index < -0.39 is 73.9 Å². The van der Waals surface area contributed by atoms with Gasteiger partial charge in [-0.3, -0.25) is 23.9 Å². The van der Waals surface area contributed by atoms with Gasteiger partial charge in [0.2, 0.25) is 27.7 Å². The number of carbonyl (C=O) groups excluding carboxylic acids is 4. The van der Waals surface area contributed by atoms with Crippen molar-refractivity contribution >= 4 is 56.0 Å². The average molecular weight is 794 g/mol. The fourth-order valence-corrected chi connectivity index (χ4v) is 9.39. The third-order valence-electron chi connectivity index (χ3n) is 11.1. The molecule has 2 aromatic heterocycles. The van der Waals surface area contributed by atoms with E-state index in [4.69, 9.17) is 4.74 Å². The maximum absolute atomic E-state index is 14.8. The lowest BCUT2D eigenvalue weighted by Gasteiger charge is -2.49. The first-order valence-electron chi connectivity index (χ1n) is 18.6. The number of ether oxygens (including phenoxy) is 1. The second-order valence-corrected chi connectivity index (χ2v) is 18.1. The van der Waals surface area contributed by atoms with Gasteiger partial charge in [-0.2, -0.15) is 0 Å². The quantitative estimate of drug-likeness (QED) is 0.283. The zero-order valence-corrected chi connectivity index (χ0v) is 32.3. The summed E-state index contributed by atoms with van der Waals surface area (Å²) in [6, 6.07) is 2.21. The summed E-state index contributed by atoms with van der Waals surface area (Å²) in [6.45, 7) is 7.41. The lowest BCUT2D eigenvalue weighted by Crippen LogP contribution is -2.71. The van der Waals surface area contributed by atoms with E-state index in [1.54, 1.807) is 24.4 Å². The molecular formula is C38H44FN7O7S2. The molecule has 4 amide bonds. The van der Waals surface area contributed by atoms with Crippen LogP contribution in [0.2, 0.25) is 0 Å².